The number of carboxylic acids is 1. The summed E-state index contributed by atoms with van der Waals surface area (Å²) in [5.41, 5.74) is -0.366. The number of carboxylic acid groups (broad SMARTS) is 1. The molecule has 0 amide bonds. The summed E-state index contributed by atoms with van der Waals surface area (Å²) >= 11 is 0. The standard InChI is InChI=1S/C12H14N2O6S/c15-12(16)8-3-4-11(14(17)18)10(6-8)13-7-9-2-1-5-21(9,19)20/h3-4,6,9,13H,1-2,5,7H2,(H,15,16). The maximum absolute atomic E-state index is 11.7. The zero-order valence-electron chi connectivity index (χ0n) is 11.0. The molecule has 0 spiro atoms. The number of rotatable bonds is 5. The first-order valence-corrected chi connectivity index (χ1v) is 8.00. The zero-order valence-corrected chi connectivity index (χ0v) is 11.8. The summed E-state index contributed by atoms with van der Waals surface area (Å²) in [5, 5.41) is 21.9. The van der Waals surface area contributed by atoms with Gasteiger partial charge in [-0.3, -0.25) is 10.1 Å². The lowest BCUT2D eigenvalue weighted by molar-refractivity contribution is -0.384. The number of nitro benzene ring substituents is 1. The van der Waals surface area contributed by atoms with Gasteiger partial charge in [0.25, 0.3) is 5.69 Å². The van der Waals surface area contributed by atoms with Gasteiger partial charge in [0.1, 0.15) is 5.69 Å². The van der Waals surface area contributed by atoms with Crippen LogP contribution in [0.3, 0.4) is 0 Å². The third-order valence-corrected chi connectivity index (χ3v) is 5.70. The molecule has 1 saturated heterocycles. The molecule has 114 valence electrons. The molecule has 2 rings (SSSR count). The molecule has 1 aliphatic heterocycles. The van der Waals surface area contributed by atoms with Gasteiger partial charge in [0, 0.05) is 12.6 Å². The molecule has 9 heteroatoms. The highest BCUT2D eigenvalue weighted by atomic mass is 32.2. The number of hydrogen-bond acceptors (Lipinski definition) is 6. The van der Waals surface area contributed by atoms with Crippen LogP contribution in [0, 0.1) is 10.1 Å². The minimum absolute atomic E-state index is 0.0157. The minimum atomic E-state index is -3.17. The van der Waals surface area contributed by atoms with E-state index < -0.39 is 26.0 Å². The lowest BCUT2D eigenvalue weighted by atomic mass is 10.1. The number of carbonyl (C=O) groups is 1. The number of sulfone groups is 1. The van der Waals surface area contributed by atoms with Gasteiger partial charge in [-0.05, 0) is 25.0 Å². The molecular weight excluding hydrogens is 300 g/mol. The van der Waals surface area contributed by atoms with Crippen LogP contribution in [-0.2, 0) is 9.84 Å². The number of benzene rings is 1. The van der Waals surface area contributed by atoms with Crippen molar-refractivity contribution >= 4 is 27.2 Å². The first-order chi connectivity index (χ1) is 9.81. The molecule has 1 heterocycles. The van der Waals surface area contributed by atoms with Gasteiger partial charge < -0.3 is 10.4 Å². The van der Waals surface area contributed by atoms with Gasteiger partial charge >= 0.3 is 5.97 Å². The molecule has 0 bridgehead atoms. The highest BCUT2D eigenvalue weighted by Crippen LogP contribution is 2.27. The molecular formula is C12H14N2O6S. The summed E-state index contributed by atoms with van der Waals surface area (Å²) < 4.78 is 23.4. The summed E-state index contributed by atoms with van der Waals surface area (Å²) in [6.07, 6.45) is 1.08. The van der Waals surface area contributed by atoms with Crippen LogP contribution in [0.25, 0.3) is 0 Å². The van der Waals surface area contributed by atoms with Crippen molar-refractivity contribution in [3.63, 3.8) is 0 Å². The average molecular weight is 314 g/mol. The molecule has 21 heavy (non-hydrogen) atoms. The molecule has 0 saturated carbocycles. The molecule has 2 N–H and O–H groups in total. The molecule has 1 unspecified atom stereocenters. The van der Waals surface area contributed by atoms with Crippen molar-refractivity contribution in [2.24, 2.45) is 0 Å². The Morgan fingerprint density at radius 3 is 2.71 bits per heavy atom. The van der Waals surface area contributed by atoms with Crippen molar-refractivity contribution in [1.29, 1.82) is 0 Å². The van der Waals surface area contributed by atoms with Crippen molar-refractivity contribution in [3.05, 3.63) is 33.9 Å². The summed E-state index contributed by atoms with van der Waals surface area (Å²) in [7, 11) is -3.17. The molecule has 0 radical (unpaired) electrons. The van der Waals surface area contributed by atoms with E-state index in [2.05, 4.69) is 5.32 Å². The molecule has 1 aliphatic rings. The molecule has 0 aromatic heterocycles. The smallest absolute Gasteiger partial charge is 0.335 e. The van der Waals surface area contributed by atoms with Crippen LogP contribution in [0.1, 0.15) is 23.2 Å². The van der Waals surface area contributed by atoms with E-state index >= 15 is 0 Å². The van der Waals surface area contributed by atoms with Gasteiger partial charge in [-0.25, -0.2) is 13.2 Å². The number of nitro groups is 1. The summed E-state index contributed by atoms with van der Waals surface area (Å²) in [5.74, 6) is -1.09. The van der Waals surface area contributed by atoms with E-state index in [4.69, 9.17) is 5.11 Å². The Morgan fingerprint density at radius 1 is 1.48 bits per heavy atom. The third kappa shape index (κ3) is 3.30. The van der Waals surface area contributed by atoms with E-state index in [-0.39, 0.29) is 29.2 Å². The fourth-order valence-electron chi connectivity index (χ4n) is 2.28. The highest BCUT2D eigenvalue weighted by molar-refractivity contribution is 7.92. The second-order valence-corrected chi connectivity index (χ2v) is 7.21. The fraction of sp³-hybridized carbons (Fsp3) is 0.417. The number of aromatic carboxylic acids is 1. The largest absolute Gasteiger partial charge is 0.478 e. The van der Waals surface area contributed by atoms with Gasteiger partial charge in [-0.1, -0.05) is 0 Å². The summed E-state index contributed by atoms with van der Waals surface area (Å²) in [6, 6.07) is 3.37. The van der Waals surface area contributed by atoms with Crippen molar-refractivity contribution in [1.82, 2.24) is 0 Å². The van der Waals surface area contributed by atoms with Crippen molar-refractivity contribution in [2.75, 3.05) is 17.6 Å². The average Bonchev–Trinajstić information content (AvgIpc) is 2.74. The Hall–Kier alpha value is -2.16. The van der Waals surface area contributed by atoms with Crippen molar-refractivity contribution < 1.29 is 23.2 Å². The van der Waals surface area contributed by atoms with E-state index in [1.807, 2.05) is 0 Å². The van der Waals surface area contributed by atoms with Gasteiger partial charge in [0.15, 0.2) is 9.84 Å². The molecule has 1 aromatic carbocycles. The van der Waals surface area contributed by atoms with Gasteiger partial charge in [0.05, 0.1) is 21.5 Å². The number of nitrogens with zero attached hydrogens (tertiary/aromatic N) is 1. The number of anilines is 1. The topological polar surface area (TPSA) is 127 Å². The number of nitrogens with one attached hydrogen (secondary N) is 1. The van der Waals surface area contributed by atoms with Crippen LogP contribution in [0.5, 0.6) is 0 Å². The van der Waals surface area contributed by atoms with Crippen molar-refractivity contribution in [2.45, 2.75) is 18.1 Å². The van der Waals surface area contributed by atoms with Gasteiger partial charge in [0.2, 0.25) is 0 Å². The Labute approximate surface area is 120 Å². The highest BCUT2D eigenvalue weighted by Gasteiger charge is 2.31. The SMILES string of the molecule is O=C(O)c1ccc([N+](=O)[O-])c(NCC2CCCS2(=O)=O)c1. The zero-order chi connectivity index (χ0) is 15.6. The first-order valence-electron chi connectivity index (χ1n) is 6.28. The Morgan fingerprint density at radius 2 is 2.19 bits per heavy atom. The van der Waals surface area contributed by atoms with Crippen LogP contribution in [0.2, 0.25) is 0 Å². The maximum Gasteiger partial charge on any atom is 0.335 e. The maximum atomic E-state index is 11.7. The third-order valence-electron chi connectivity index (χ3n) is 3.42. The quantitative estimate of drug-likeness (QED) is 0.619. The monoisotopic (exact) mass is 314 g/mol. The minimum Gasteiger partial charge on any atom is -0.478 e. The normalized spacial score (nSPS) is 20.1. The lowest BCUT2D eigenvalue weighted by Gasteiger charge is -2.12. The Balaban J connectivity index is 2.23. The predicted octanol–water partition coefficient (Wildman–Crippen LogP) is 1.28. The first kappa shape index (κ1) is 15.2. The van der Waals surface area contributed by atoms with Crippen LogP contribution in [0.15, 0.2) is 18.2 Å². The Bertz CT molecular complexity index is 685. The van der Waals surface area contributed by atoms with Crippen molar-refractivity contribution in [3.8, 4) is 0 Å². The van der Waals surface area contributed by atoms with Gasteiger partial charge in [-0.15, -0.1) is 0 Å². The molecule has 1 atom stereocenters. The molecule has 1 aromatic rings. The summed E-state index contributed by atoms with van der Waals surface area (Å²) in [4.78, 5) is 21.2. The number of hydrogen-bond donors (Lipinski definition) is 2. The van der Waals surface area contributed by atoms with E-state index in [0.717, 1.165) is 18.2 Å². The van der Waals surface area contributed by atoms with Crippen LogP contribution >= 0.6 is 0 Å². The van der Waals surface area contributed by atoms with E-state index in [1.165, 1.54) is 0 Å². The van der Waals surface area contributed by atoms with Crippen LogP contribution in [-0.4, -0.2) is 42.0 Å². The lowest BCUT2D eigenvalue weighted by Crippen LogP contribution is -2.25. The predicted molar refractivity (Wildman–Crippen MR) is 75.4 cm³/mol. The molecule has 0 aliphatic carbocycles. The van der Waals surface area contributed by atoms with E-state index in [9.17, 15) is 23.3 Å². The van der Waals surface area contributed by atoms with E-state index in [1.54, 1.807) is 0 Å². The second kappa shape index (κ2) is 5.68. The molecule has 8 nitrogen and oxygen atoms in total. The summed E-state index contributed by atoms with van der Waals surface area (Å²) in [6.45, 7) is 0.0340. The Kier molecular flexibility index (Phi) is 4.12. The van der Waals surface area contributed by atoms with Crippen LogP contribution < -0.4 is 5.32 Å². The van der Waals surface area contributed by atoms with E-state index in [0.29, 0.717) is 12.8 Å². The van der Waals surface area contributed by atoms with Gasteiger partial charge in [-0.2, -0.15) is 0 Å². The molecule has 1 fully saturated rings. The fourth-order valence-corrected chi connectivity index (χ4v) is 4.05. The second-order valence-electron chi connectivity index (χ2n) is 4.81. The van der Waals surface area contributed by atoms with Crippen LogP contribution in [0.4, 0.5) is 11.4 Å².